The van der Waals surface area contributed by atoms with Crippen molar-refractivity contribution in [1.82, 2.24) is 4.40 Å². The van der Waals surface area contributed by atoms with E-state index in [0.717, 1.165) is 38.5 Å². The summed E-state index contributed by atoms with van der Waals surface area (Å²) in [6.45, 7) is 7.45. The van der Waals surface area contributed by atoms with Gasteiger partial charge in [0.05, 0.1) is 5.52 Å². The highest BCUT2D eigenvalue weighted by atomic mass is 16.4. The quantitative estimate of drug-likeness (QED) is 0.245. The van der Waals surface area contributed by atoms with Gasteiger partial charge in [-0.3, -0.25) is 0 Å². The molecule has 0 saturated carbocycles. The van der Waals surface area contributed by atoms with Gasteiger partial charge in [0.15, 0.2) is 0 Å². The highest BCUT2D eigenvalue weighted by Crippen LogP contribution is 2.44. The zero-order valence-corrected chi connectivity index (χ0v) is 19.7. The molecule has 0 aliphatic heterocycles. The molecule has 3 aromatic carbocycles. The molecule has 174 valence electrons. The maximum absolute atomic E-state index is 13.4. The van der Waals surface area contributed by atoms with Crippen molar-refractivity contribution in [2.24, 2.45) is 0 Å². The van der Waals surface area contributed by atoms with E-state index in [4.69, 9.17) is 4.42 Å². The molecule has 0 spiro atoms. The second-order valence-electron chi connectivity index (χ2n) is 9.34. The maximum atomic E-state index is 13.4. The van der Waals surface area contributed by atoms with Gasteiger partial charge in [0.25, 0.3) is 0 Å². The number of pyridine rings is 1. The van der Waals surface area contributed by atoms with E-state index in [1.165, 1.54) is 6.07 Å². The highest BCUT2D eigenvalue weighted by molar-refractivity contribution is 6.22. The van der Waals surface area contributed by atoms with E-state index in [-0.39, 0.29) is 22.8 Å². The first-order valence-corrected chi connectivity index (χ1v) is 11.3. The van der Waals surface area contributed by atoms with Crippen LogP contribution in [0.15, 0.2) is 57.9 Å². The van der Waals surface area contributed by atoms with Crippen LogP contribution < -0.4 is 5.63 Å². The Bertz CT molecular complexity index is 1940. The third kappa shape index (κ3) is 2.86. The lowest BCUT2D eigenvalue weighted by molar-refractivity contribution is 0.469. The number of aryl methyl sites for hydroxylation is 4. The van der Waals surface area contributed by atoms with E-state index in [1.54, 1.807) is 25.3 Å². The van der Waals surface area contributed by atoms with Crippen LogP contribution in [0.4, 0.5) is 0 Å². The second-order valence-corrected chi connectivity index (χ2v) is 9.34. The Balaban J connectivity index is 1.99. The molecule has 6 aromatic rings. The first kappa shape index (κ1) is 21.1. The average molecular weight is 466 g/mol. The van der Waals surface area contributed by atoms with Crippen LogP contribution >= 0.6 is 0 Å². The molecule has 35 heavy (non-hydrogen) atoms. The molecule has 0 atom stereocenters. The average Bonchev–Trinajstić information content (AvgIpc) is 3.15. The minimum Gasteiger partial charge on any atom is -0.508 e. The van der Waals surface area contributed by atoms with E-state index in [0.29, 0.717) is 27.4 Å². The molecule has 6 heteroatoms. The summed E-state index contributed by atoms with van der Waals surface area (Å²) in [6.07, 6.45) is 1.80. The van der Waals surface area contributed by atoms with Gasteiger partial charge in [-0.2, -0.15) is 0 Å². The number of aromatic hydroxyl groups is 3. The first-order valence-electron chi connectivity index (χ1n) is 11.3. The molecule has 3 heterocycles. The van der Waals surface area contributed by atoms with Gasteiger partial charge < -0.3 is 24.1 Å². The van der Waals surface area contributed by atoms with Gasteiger partial charge in [-0.25, -0.2) is 4.79 Å². The second kappa shape index (κ2) is 7.03. The van der Waals surface area contributed by atoms with Gasteiger partial charge in [0.2, 0.25) is 0 Å². The van der Waals surface area contributed by atoms with Crippen molar-refractivity contribution in [2.45, 2.75) is 27.7 Å². The van der Waals surface area contributed by atoms with E-state index >= 15 is 0 Å². The van der Waals surface area contributed by atoms with Crippen molar-refractivity contribution >= 4 is 38.2 Å². The lowest BCUT2D eigenvalue weighted by Crippen LogP contribution is -2.02. The summed E-state index contributed by atoms with van der Waals surface area (Å²) in [5.41, 5.74) is 5.55. The highest BCUT2D eigenvalue weighted by Gasteiger charge is 2.24. The van der Waals surface area contributed by atoms with E-state index in [2.05, 4.69) is 0 Å². The molecular formula is C29H23NO5. The number of phenolic OH excluding ortho intramolecular Hbond substituents is 3. The predicted molar refractivity (Wildman–Crippen MR) is 138 cm³/mol. The van der Waals surface area contributed by atoms with Crippen LogP contribution in [0, 0.1) is 27.7 Å². The zero-order valence-electron chi connectivity index (χ0n) is 19.7. The Hall–Kier alpha value is -4.45. The van der Waals surface area contributed by atoms with Crippen LogP contribution in [0.25, 0.3) is 49.3 Å². The van der Waals surface area contributed by atoms with Crippen LogP contribution in [0.3, 0.4) is 0 Å². The van der Waals surface area contributed by atoms with Gasteiger partial charge >= 0.3 is 5.63 Å². The van der Waals surface area contributed by atoms with Crippen molar-refractivity contribution in [1.29, 1.82) is 0 Å². The van der Waals surface area contributed by atoms with Crippen LogP contribution in [0.5, 0.6) is 17.2 Å². The predicted octanol–water partition coefficient (Wildman–Crippen LogP) is 6.37. The minimum atomic E-state index is -0.527. The third-order valence-corrected chi connectivity index (χ3v) is 7.01. The number of phenols is 3. The molecule has 0 amide bonds. The van der Waals surface area contributed by atoms with E-state index < -0.39 is 5.63 Å². The number of aromatic nitrogens is 1. The van der Waals surface area contributed by atoms with Gasteiger partial charge in [-0.15, -0.1) is 0 Å². The monoisotopic (exact) mass is 465 g/mol. The van der Waals surface area contributed by atoms with Gasteiger partial charge in [0.1, 0.15) is 28.3 Å². The number of hydrogen-bond donors (Lipinski definition) is 3. The summed E-state index contributed by atoms with van der Waals surface area (Å²) >= 11 is 0. The van der Waals surface area contributed by atoms with Crippen molar-refractivity contribution < 1.29 is 19.7 Å². The Morgan fingerprint density at radius 2 is 1.34 bits per heavy atom. The molecule has 3 N–H and O–H groups in total. The SMILES string of the molecule is Cc1cc(C)c(-c2c3c4cc(C)c(O)cc4oc(=O)c3n3ccc4cc(O)c(C)cc4c23)cc1O. The molecule has 0 unspecified atom stereocenters. The molecule has 0 aliphatic rings. The summed E-state index contributed by atoms with van der Waals surface area (Å²) < 4.78 is 7.50. The largest absolute Gasteiger partial charge is 0.508 e. The standard InChI is InChI=1S/C29H23NO5/c1-13-7-14(2)22(32)11-18(13)25-26-20-9-16(4)23(33)12-24(20)35-29(34)28(26)30-6-5-17-10-21(31)15(3)8-19(17)27(25)30/h5-12,31-33H,1-4H3. The molecule has 3 aromatic heterocycles. The minimum absolute atomic E-state index is 0.0472. The van der Waals surface area contributed by atoms with Crippen molar-refractivity contribution in [3.05, 3.63) is 81.3 Å². The number of rotatable bonds is 1. The summed E-state index contributed by atoms with van der Waals surface area (Å²) in [7, 11) is 0. The summed E-state index contributed by atoms with van der Waals surface area (Å²) in [4.78, 5) is 13.4. The van der Waals surface area contributed by atoms with Crippen molar-refractivity contribution in [3.63, 3.8) is 0 Å². The Morgan fingerprint density at radius 1 is 0.714 bits per heavy atom. The summed E-state index contributed by atoms with van der Waals surface area (Å²) in [6, 6.07) is 12.4. The van der Waals surface area contributed by atoms with Gasteiger partial charge in [0, 0.05) is 34.0 Å². The number of hydrogen-bond acceptors (Lipinski definition) is 5. The number of benzene rings is 3. The van der Waals surface area contributed by atoms with Crippen molar-refractivity contribution in [3.8, 4) is 28.4 Å². The van der Waals surface area contributed by atoms with Crippen molar-refractivity contribution in [2.75, 3.05) is 0 Å². The molecule has 0 radical (unpaired) electrons. The maximum Gasteiger partial charge on any atom is 0.361 e. The Labute approximate surface area is 199 Å². The fourth-order valence-corrected chi connectivity index (χ4v) is 5.15. The molecule has 0 bridgehead atoms. The Morgan fingerprint density at radius 3 is 2.09 bits per heavy atom. The zero-order chi connectivity index (χ0) is 24.8. The van der Waals surface area contributed by atoms with E-state index in [1.807, 2.05) is 49.4 Å². The molecule has 0 aliphatic carbocycles. The topological polar surface area (TPSA) is 95.3 Å². The third-order valence-electron chi connectivity index (χ3n) is 7.01. The van der Waals surface area contributed by atoms with Crippen LogP contribution in [-0.2, 0) is 0 Å². The molecule has 6 rings (SSSR count). The van der Waals surface area contributed by atoms with Gasteiger partial charge in [-0.1, -0.05) is 6.07 Å². The molecule has 0 saturated heterocycles. The molecular weight excluding hydrogens is 442 g/mol. The first-order chi connectivity index (χ1) is 16.7. The smallest absolute Gasteiger partial charge is 0.361 e. The van der Waals surface area contributed by atoms with Gasteiger partial charge in [-0.05, 0) is 91.2 Å². The summed E-state index contributed by atoms with van der Waals surface area (Å²) in [5, 5.41) is 34.3. The lowest BCUT2D eigenvalue weighted by Gasteiger charge is -2.12. The van der Waals surface area contributed by atoms with Crippen LogP contribution in [0.1, 0.15) is 22.3 Å². The fraction of sp³-hybridized carbons (Fsp3) is 0.138. The fourth-order valence-electron chi connectivity index (χ4n) is 5.15. The molecule has 6 nitrogen and oxygen atoms in total. The Kier molecular flexibility index (Phi) is 4.24. The number of nitrogens with zero attached hydrogens (tertiary/aromatic N) is 1. The normalized spacial score (nSPS) is 11.9. The summed E-state index contributed by atoms with van der Waals surface area (Å²) in [5.74, 6) is 0.402. The number of fused-ring (bicyclic) bond motifs is 7. The van der Waals surface area contributed by atoms with Crippen LogP contribution in [-0.4, -0.2) is 19.7 Å². The van der Waals surface area contributed by atoms with Crippen LogP contribution in [0.2, 0.25) is 0 Å². The lowest BCUT2D eigenvalue weighted by atomic mass is 9.93. The van der Waals surface area contributed by atoms with E-state index in [9.17, 15) is 20.1 Å². The molecule has 0 fully saturated rings.